The van der Waals surface area contributed by atoms with Crippen molar-refractivity contribution in [1.29, 1.82) is 0 Å². The molecule has 24 heavy (non-hydrogen) atoms. The molecular weight excluding hydrogens is 320 g/mol. The zero-order valence-corrected chi connectivity index (χ0v) is 13.5. The number of hydrogen-bond acceptors (Lipinski definition) is 5. The largest absolute Gasteiger partial charge is 0.344 e. The second-order valence-corrected chi connectivity index (χ2v) is 5.87. The number of rotatable bonds is 6. The minimum absolute atomic E-state index is 0.00721. The van der Waals surface area contributed by atoms with E-state index in [2.05, 4.69) is 15.5 Å². The Morgan fingerprint density at radius 2 is 1.96 bits per heavy atom. The van der Waals surface area contributed by atoms with E-state index in [-0.39, 0.29) is 41.8 Å². The van der Waals surface area contributed by atoms with Crippen molar-refractivity contribution in [3.63, 3.8) is 0 Å². The highest BCUT2D eigenvalue weighted by Gasteiger charge is 2.27. The standard InChI is InChI=1S/C16H17F2N3O3/c1-9(22)20-16(2,3)15-19-14(24-21-15)7-6-13(23)10-4-5-11(17)12(18)8-10/h4-5,8H,6-7H2,1-3H3,(H,20,22). The Kier molecular flexibility index (Phi) is 5.06. The molecule has 0 fully saturated rings. The summed E-state index contributed by atoms with van der Waals surface area (Å²) in [6.45, 7) is 4.81. The number of ketones is 1. The van der Waals surface area contributed by atoms with Crippen LogP contribution >= 0.6 is 0 Å². The van der Waals surface area contributed by atoms with E-state index in [4.69, 9.17) is 4.52 Å². The minimum Gasteiger partial charge on any atom is -0.344 e. The molecule has 6 nitrogen and oxygen atoms in total. The molecule has 1 heterocycles. The van der Waals surface area contributed by atoms with Gasteiger partial charge in [0.15, 0.2) is 23.2 Å². The van der Waals surface area contributed by atoms with Crippen LogP contribution in [0.1, 0.15) is 49.3 Å². The van der Waals surface area contributed by atoms with Crippen LogP contribution in [0.3, 0.4) is 0 Å². The lowest BCUT2D eigenvalue weighted by Crippen LogP contribution is -2.40. The van der Waals surface area contributed by atoms with Crippen molar-refractivity contribution in [3.05, 3.63) is 47.1 Å². The molecule has 8 heteroatoms. The first-order valence-electron chi connectivity index (χ1n) is 7.29. The number of aryl methyl sites for hydroxylation is 1. The molecule has 0 saturated heterocycles. The van der Waals surface area contributed by atoms with Gasteiger partial charge in [0.2, 0.25) is 11.8 Å². The molecule has 2 rings (SSSR count). The number of aromatic nitrogens is 2. The van der Waals surface area contributed by atoms with Gasteiger partial charge in [0.1, 0.15) is 0 Å². The maximum absolute atomic E-state index is 13.1. The molecule has 0 unspecified atom stereocenters. The van der Waals surface area contributed by atoms with Crippen molar-refractivity contribution in [2.75, 3.05) is 0 Å². The highest BCUT2D eigenvalue weighted by Crippen LogP contribution is 2.18. The first-order chi connectivity index (χ1) is 11.2. The second kappa shape index (κ2) is 6.86. The number of Topliss-reactive ketones (excluding diaryl/α,β-unsaturated/α-hetero) is 1. The maximum atomic E-state index is 13.1. The quantitative estimate of drug-likeness (QED) is 0.819. The van der Waals surface area contributed by atoms with Crippen LogP contribution in [-0.4, -0.2) is 21.8 Å². The molecule has 1 N–H and O–H groups in total. The summed E-state index contributed by atoms with van der Waals surface area (Å²) >= 11 is 0. The van der Waals surface area contributed by atoms with Crippen LogP contribution in [0.15, 0.2) is 22.7 Å². The Hall–Kier alpha value is -2.64. The van der Waals surface area contributed by atoms with Gasteiger partial charge in [0.25, 0.3) is 0 Å². The van der Waals surface area contributed by atoms with Crippen molar-refractivity contribution in [1.82, 2.24) is 15.5 Å². The summed E-state index contributed by atoms with van der Waals surface area (Å²) in [7, 11) is 0. The predicted molar refractivity (Wildman–Crippen MR) is 80.2 cm³/mol. The van der Waals surface area contributed by atoms with Gasteiger partial charge >= 0.3 is 0 Å². The van der Waals surface area contributed by atoms with E-state index in [1.165, 1.54) is 13.0 Å². The van der Waals surface area contributed by atoms with Crippen LogP contribution in [0.5, 0.6) is 0 Å². The van der Waals surface area contributed by atoms with Crippen molar-refractivity contribution in [2.24, 2.45) is 0 Å². The SMILES string of the molecule is CC(=O)NC(C)(C)c1noc(CCC(=O)c2ccc(F)c(F)c2)n1. The van der Waals surface area contributed by atoms with Gasteiger partial charge in [-0.1, -0.05) is 5.16 Å². The van der Waals surface area contributed by atoms with Crippen LogP contribution in [0.4, 0.5) is 8.78 Å². The smallest absolute Gasteiger partial charge is 0.227 e. The summed E-state index contributed by atoms with van der Waals surface area (Å²) in [6, 6.07) is 2.99. The molecule has 0 atom stereocenters. The number of halogens is 2. The molecule has 0 aliphatic heterocycles. The zero-order chi connectivity index (χ0) is 17.9. The molecule has 1 amide bonds. The third-order valence-electron chi connectivity index (χ3n) is 3.32. The van der Waals surface area contributed by atoms with Crippen molar-refractivity contribution >= 4 is 11.7 Å². The van der Waals surface area contributed by atoms with Gasteiger partial charge in [-0.3, -0.25) is 9.59 Å². The molecule has 128 valence electrons. The molecule has 0 bridgehead atoms. The van der Waals surface area contributed by atoms with Crippen LogP contribution in [0.25, 0.3) is 0 Å². The lowest BCUT2D eigenvalue weighted by Gasteiger charge is -2.20. The number of carbonyl (C=O) groups excluding carboxylic acids is 2. The Bertz CT molecular complexity index is 772. The first-order valence-corrected chi connectivity index (χ1v) is 7.29. The Balaban J connectivity index is 2.01. The van der Waals surface area contributed by atoms with E-state index in [0.717, 1.165) is 12.1 Å². The molecule has 0 aliphatic carbocycles. The number of carbonyl (C=O) groups is 2. The number of nitrogens with zero attached hydrogens (tertiary/aromatic N) is 2. The summed E-state index contributed by atoms with van der Waals surface area (Å²) in [6.07, 6.45) is 0.161. The third kappa shape index (κ3) is 4.21. The molecule has 0 spiro atoms. The van der Waals surface area contributed by atoms with Gasteiger partial charge in [0, 0.05) is 25.3 Å². The maximum Gasteiger partial charge on any atom is 0.227 e. The van der Waals surface area contributed by atoms with E-state index in [9.17, 15) is 18.4 Å². The Morgan fingerprint density at radius 3 is 2.58 bits per heavy atom. The monoisotopic (exact) mass is 337 g/mol. The molecule has 2 aromatic rings. The topological polar surface area (TPSA) is 85.1 Å². The number of nitrogens with one attached hydrogen (secondary N) is 1. The van der Waals surface area contributed by atoms with Gasteiger partial charge in [-0.05, 0) is 32.0 Å². The van der Waals surface area contributed by atoms with Gasteiger partial charge in [0.05, 0.1) is 5.54 Å². The summed E-state index contributed by atoms with van der Waals surface area (Å²) in [5.74, 6) is -2.17. The van der Waals surface area contributed by atoms with E-state index < -0.39 is 17.2 Å². The summed E-state index contributed by atoms with van der Waals surface area (Å²) in [5, 5.41) is 6.48. The number of hydrogen-bond donors (Lipinski definition) is 1. The number of amides is 1. The minimum atomic E-state index is -1.07. The van der Waals surface area contributed by atoms with Crippen LogP contribution in [0.2, 0.25) is 0 Å². The lowest BCUT2D eigenvalue weighted by atomic mass is 10.0. The molecule has 1 aromatic carbocycles. The fourth-order valence-corrected chi connectivity index (χ4v) is 2.14. The van der Waals surface area contributed by atoms with Gasteiger partial charge in [-0.25, -0.2) is 8.78 Å². The van der Waals surface area contributed by atoms with Gasteiger partial charge < -0.3 is 9.84 Å². The molecule has 0 radical (unpaired) electrons. The predicted octanol–water partition coefficient (Wildman–Crippen LogP) is 2.53. The highest BCUT2D eigenvalue weighted by atomic mass is 19.2. The van der Waals surface area contributed by atoms with E-state index in [1.54, 1.807) is 13.8 Å². The summed E-state index contributed by atoms with van der Waals surface area (Å²) < 4.78 is 31.1. The number of benzene rings is 1. The second-order valence-electron chi connectivity index (χ2n) is 5.87. The lowest BCUT2D eigenvalue weighted by molar-refractivity contribution is -0.120. The summed E-state index contributed by atoms with van der Waals surface area (Å²) in [5.41, 5.74) is -0.732. The van der Waals surface area contributed by atoms with Crippen LogP contribution < -0.4 is 5.32 Å². The van der Waals surface area contributed by atoms with Gasteiger partial charge in [-0.2, -0.15) is 4.98 Å². The van der Waals surface area contributed by atoms with E-state index in [1.807, 2.05) is 0 Å². The summed E-state index contributed by atoms with van der Waals surface area (Å²) in [4.78, 5) is 27.3. The van der Waals surface area contributed by atoms with Gasteiger partial charge in [-0.15, -0.1) is 0 Å². The molecule has 0 aliphatic rings. The fourth-order valence-electron chi connectivity index (χ4n) is 2.14. The Morgan fingerprint density at radius 1 is 1.25 bits per heavy atom. The van der Waals surface area contributed by atoms with Crippen LogP contribution in [-0.2, 0) is 16.8 Å². The average Bonchev–Trinajstić information content (AvgIpc) is 2.96. The van der Waals surface area contributed by atoms with E-state index in [0.29, 0.717) is 0 Å². The fraction of sp³-hybridized carbons (Fsp3) is 0.375. The molecular formula is C16H17F2N3O3. The molecule has 0 saturated carbocycles. The Labute approximate surface area is 137 Å². The van der Waals surface area contributed by atoms with Crippen molar-refractivity contribution in [3.8, 4) is 0 Å². The van der Waals surface area contributed by atoms with Crippen molar-refractivity contribution in [2.45, 2.75) is 39.2 Å². The average molecular weight is 337 g/mol. The highest BCUT2D eigenvalue weighted by molar-refractivity contribution is 5.96. The van der Waals surface area contributed by atoms with E-state index >= 15 is 0 Å². The molecule has 1 aromatic heterocycles. The zero-order valence-electron chi connectivity index (χ0n) is 13.5. The first kappa shape index (κ1) is 17.7. The van der Waals surface area contributed by atoms with Crippen LogP contribution in [0, 0.1) is 11.6 Å². The third-order valence-corrected chi connectivity index (χ3v) is 3.32. The van der Waals surface area contributed by atoms with Crippen molar-refractivity contribution < 1.29 is 22.9 Å². The normalized spacial score (nSPS) is 11.4.